The first-order valence-electron chi connectivity index (χ1n) is 6.20. The number of rotatable bonds is 3. The van der Waals surface area contributed by atoms with Crippen LogP contribution in [0.25, 0.3) is 0 Å². The summed E-state index contributed by atoms with van der Waals surface area (Å²) in [6, 6.07) is 7.90. The number of aliphatic hydroxyl groups is 1. The van der Waals surface area contributed by atoms with E-state index in [1.807, 2.05) is 24.3 Å². The lowest BCUT2D eigenvalue weighted by Gasteiger charge is -2.22. The van der Waals surface area contributed by atoms with Gasteiger partial charge >= 0.3 is 0 Å². The molecule has 0 amide bonds. The van der Waals surface area contributed by atoms with Gasteiger partial charge in [-0.1, -0.05) is 23.4 Å². The van der Waals surface area contributed by atoms with Crippen LogP contribution in [-0.2, 0) is 6.42 Å². The predicted octanol–water partition coefficient (Wildman–Crippen LogP) is 0.780. The molecule has 1 unspecified atom stereocenters. The fraction of sp³-hybridized carbons (Fsp3) is 0.385. The minimum Gasteiger partial charge on any atom is -0.493 e. The van der Waals surface area contributed by atoms with E-state index in [0.29, 0.717) is 12.4 Å². The van der Waals surface area contributed by atoms with Gasteiger partial charge in [-0.2, -0.15) is 4.98 Å². The Hall–Kier alpha value is -1.92. The van der Waals surface area contributed by atoms with E-state index in [0.717, 1.165) is 17.7 Å². The van der Waals surface area contributed by atoms with Gasteiger partial charge < -0.3 is 20.1 Å². The maximum absolute atomic E-state index is 9.55. The summed E-state index contributed by atoms with van der Waals surface area (Å²) in [6.07, 6.45) is -0.105. The van der Waals surface area contributed by atoms with Crippen LogP contribution in [0.1, 0.15) is 29.3 Å². The van der Waals surface area contributed by atoms with E-state index in [2.05, 4.69) is 10.1 Å². The van der Waals surface area contributed by atoms with Crippen molar-refractivity contribution in [3.05, 3.63) is 41.5 Å². The molecule has 0 aliphatic carbocycles. The average Bonchev–Trinajstić information content (AvgIpc) is 2.95. The molecule has 6 heteroatoms. The molecular weight excluding hydrogens is 246 g/mol. The largest absolute Gasteiger partial charge is 0.493 e. The molecule has 1 aliphatic heterocycles. The summed E-state index contributed by atoms with van der Waals surface area (Å²) < 4.78 is 10.7. The fourth-order valence-electron chi connectivity index (χ4n) is 2.14. The molecule has 1 aromatic carbocycles. The summed E-state index contributed by atoms with van der Waals surface area (Å²) in [6.45, 7) is 0.570. The normalized spacial score (nSPS) is 19.6. The second kappa shape index (κ2) is 4.99. The monoisotopic (exact) mass is 261 g/mol. The molecule has 6 nitrogen and oxygen atoms in total. The van der Waals surface area contributed by atoms with Crippen molar-refractivity contribution < 1.29 is 14.4 Å². The Morgan fingerprint density at radius 2 is 2.26 bits per heavy atom. The minimum atomic E-state index is -0.905. The molecule has 0 saturated carbocycles. The Morgan fingerprint density at radius 1 is 1.42 bits per heavy atom. The van der Waals surface area contributed by atoms with Crippen molar-refractivity contribution in [1.82, 2.24) is 10.1 Å². The third kappa shape index (κ3) is 2.32. The van der Waals surface area contributed by atoms with Crippen LogP contribution in [-0.4, -0.2) is 28.4 Å². The number of hydrogen-bond acceptors (Lipinski definition) is 6. The molecule has 0 saturated heterocycles. The lowest BCUT2D eigenvalue weighted by Crippen LogP contribution is -2.20. The first-order valence-corrected chi connectivity index (χ1v) is 6.20. The molecule has 0 radical (unpaired) electrons. The molecule has 2 heterocycles. The van der Waals surface area contributed by atoms with Crippen molar-refractivity contribution >= 4 is 0 Å². The van der Waals surface area contributed by atoms with Crippen LogP contribution < -0.4 is 10.5 Å². The van der Waals surface area contributed by atoms with Gasteiger partial charge in [-0.25, -0.2) is 0 Å². The van der Waals surface area contributed by atoms with Gasteiger partial charge in [-0.3, -0.25) is 0 Å². The van der Waals surface area contributed by atoms with Crippen molar-refractivity contribution in [2.75, 3.05) is 13.2 Å². The Labute approximate surface area is 110 Å². The zero-order valence-electron chi connectivity index (χ0n) is 10.3. The second-order valence-electron chi connectivity index (χ2n) is 4.56. The van der Waals surface area contributed by atoms with E-state index >= 15 is 0 Å². The van der Waals surface area contributed by atoms with Crippen LogP contribution in [0.15, 0.2) is 28.8 Å². The topological polar surface area (TPSA) is 94.4 Å². The molecule has 3 rings (SSSR count). The Morgan fingerprint density at radius 3 is 3.11 bits per heavy atom. The van der Waals surface area contributed by atoms with Gasteiger partial charge in [0.1, 0.15) is 11.9 Å². The van der Waals surface area contributed by atoms with E-state index in [-0.39, 0.29) is 18.4 Å². The summed E-state index contributed by atoms with van der Waals surface area (Å²) in [7, 11) is 0. The highest BCUT2D eigenvalue weighted by atomic mass is 16.5. The fourth-order valence-corrected chi connectivity index (χ4v) is 2.14. The third-order valence-corrected chi connectivity index (χ3v) is 3.21. The predicted molar refractivity (Wildman–Crippen MR) is 66.7 cm³/mol. The molecule has 100 valence electrons. The quantitative estimate of drug-likeness (QED) is 0.848. The standard InChI is InChI=1S/C13H15N3O3/c14-6-10(17)13-15-12(16-19-13)9-5-8-3-1-2-4-11(8)18-7-9/h1-4,9-10,17H,5-7,14H2/t9?,10-/m0/s1. The second-order valence-corrected chi connectivity index (χ2v) is 4.56. The third-order valence-electron chi connectivity index (χ3n) is 3.21. The number of hydrogen-bond donors (Lipinski definition) is 2. The molecule has 0 bridgehead atoms. The highest BCUT2D eigenvalue weighted by molar-refractivity contribution is 5.36. The molecular formula is C13H15N3O3. The van der Waals surface area contributed by atoms with Gasteiger partial charge in [-0.05, 0) is 18.1 Å². The molecule has 2 aromatic rings. The van der Waals surface area contributed by atoms with Crippen molar-refractivity contribution in [3.8, 4) is 5.75 Å². The Bertz CT molecular complexity index is 570. The van der Waals surface area contributed by atoms with Gasteiger partial charge in [0.25, 0.3) is 5.89 Å². The number of benzene rings is 1. The number of para-hydroxylation sites is 1. The molecule has 0 fully saturated rings. The molecule has 2 atom stereocenters. The minimum absolute atomic E-state index is 0.0392. The zero-order chi connectivity index (χ0) is 13.2. The highest BCUT2D eigenvalue weighted by Crippen LogP contribution is 2.31. The zero-order valence-corrected chi connectivity index (χ0v) is 10.3. The van der Waals surface area contributed by atoms with Crippen LogP contribution in [0.3, 0.4) is 0 Å². The van der Waals surface area contributed by atoms with Gasteiger partial charge in [-0.15, -0.1) is 0 Å². The smallest absolute Gasteiger partial charge is 0.256 e. The van der Waals surface area contributed by atoms with Crippen LogP contribution in [0.4, 0.5) is 0 Å². The van der Waals surface area contributed by atoms with E-state index in [1.165, 1.54) is 0 Å². The molecule has 19 heavy (non-hydrogen) atoms. The van der Waals surface area contributed by atoms with E-state index in [9.17, 15) is 5.11 Å². The highest BCUT2D eigenvalue weighted by Gasteiger charge is 2.26. The molecule has 1 aliphatic rings. The van der Waals surface area contributed by atoms with Crippen molar-refractivity contribution in [1.29, 1.82) is 0 Å². The number of aliphatic hydroxyl groups excluding tert-OH is 1. The first kappa shape index (κ1) is 12.1. The number of nitrogens with zero attached hydrogens (tertiary/aromatic N) is 2. The van der Waals surface area contributed by atoms with Crippen LogP contribution in [0.2, 0.25) is 0 Å². The Balaban J connectivity index is 1.79. The summed E-state index contributed by atoms with van der Waals surface area (Å²) in [4.78, 5) is 4.19. The van der Waals surface area contributed by atoms with Gasteiger partial charge in [0.15, 0.2) is 5.82 Å². The van der Waals surface area contributed by atoms with Crippen molar-refractivity contribution in [3.63, 3.8) is 0 Å². The van der Waals surface area contributed by atoms with Crippen LogP contribution >= 0.6 is 0 Å². The van der Waals surface area contributed by atoms with Gasteiger partial charge in [0.2, 0.25) is 0 Å². The van der Waals surface area contributed by atoms with Crippen LogP contribution in [0.5, 0.6) is 5.75 Å². The lowest BCUT2D eigenvalue weighted by atomic mass is 9.96. The van der Waals surface area contributed by atoms with E-state index < -0.39 is 6.10 Å². The van der Waals surface area contributed by atoms with Gasteiger partial charge in [0.05, 0.1) is 12.5 Å². The van der Waals surface area contributed by atoms with Crippen molar-refractivity contribution in [2.45, 2.75) is 18.4 Å². The lowest BCUT2D eigenvalue weighted by molar-refractivity contribution is 0.141. The first-order chi connectivity index (χ1) is 9.28. The number of nitrogens with two attached hydrogens (primary N) is 1. The van der Waals surface area contributed by atoms with E-state index in [1.54, 1.807) is 0 Å². The number of fused-ring (bicyclic) bond motifs is 1. The molecule has 3 N–H and O–H groups in total. The van der Waals surface area contributed by atoms with Crippen molar-refractivity contribution in [2.24, 2.45) is 5.73 Å². The molecule has 1 aromatic heterocycles. The Kier molecular flexibility index (Phi) is 3.18. The SMILES string of the molecule is NC[C@H](O)c1nc(C2COc3ccccc3C2)no1. The maximum atomic E-state index is 9.55. The maximum Gasteiger partial charge on any atom is 0.256 e. The van der Waals surface area contributed by atoms with Crippen LogP contribution in [0, 0.1) is 0 Å². The number of ether oxygens (including phenoxy) is 1. The summed E-state index contributed by atoms with van der Waals surface area (Å²) in [5.41, 5.74) is 6.48. The summed E-state index contributed by atoms with van der Waals surface area (Å²) >= 11 is 0. The molecule has 0 spiro atoms. The summed E-state index contributed by atoms with van der Waals surface area (Å²) in [5, 5.41) is 13.4. The van der Waals surface area contributed by atoms with Gasteiger partial charge in [0, 0.05) is 6.54 Å². The number of aromatic nitrogens is 2. The average molecular weight is 261 g/mol. The van der Waals surface area contributed by atoms with E-state index in [4.69, 9.17) is 15.0 Å². The summed E-state index contributed by atoms with van der Waals surface area (Å²) in [5.74, 6) is 1.66.